The molecule has 0 radical (unpaired) electrons. The van der Waals surface area contributed by atoms with E-state index < -0.39 is 0 Å². The Morgan fingerprint density at radius 3 is 2.77 bits per heavy atom. The molecule has 112 valence electrons. The van der Waals surface area contributed by atoms with E-state index in [9.17, 15) is 0 Å². The van der Waals surface area contributed by atoms with Crippen LogP contribution in [0, 0.1) is 5.92 Å². The summed E-state index contributed by atoms with van der Waals surface area (Å²) in [5.41, 5.74) is 6.35. The lowest BCUT2D eigenvalue weighted by molar-refractivity contribution is 0.337. The summed E-state index contributed by atoms with van der Waals surface area (Å²) in [4.78, 5) is 0. The molecule has 0 saturated heterocycles. The van der Waals surface area contributed by atoms with Gasteiger partial charge in [-0.1, -0.05) is 44.2 Å². The van der Waals surface area contributed by atoms with Gasteiger partial charge in [0.15, 0.2) is 0 Å². The Labute approximate surface area is 131 Å². The van der Waals surface area contributed by atoms with E-state index in [1.165, 1.54) is 24.0 Å². The van der Waals surface area contributed by atoms with Gasteiger partial charge in [-0.05, 0) is 59.6 Å². The highest BCUT2D eigenvalue weighted by Gasteiger charge is 2.37. The van der Waals surface area contributed by atoms with Crippen LogP contribution in [0.15, 0.2) is 42.5 Å². The van der Waals surface area contributed by atoms with E-state index in [1.807, 2.05) is 22.9 Å². The molecule has 3 heteroatoms. The van der Waals surface area contributed by atoms with Crippen molar-refractivity contribution >= 4 is 11.0 Å². The fourth-order valence-electron chi connectivity index (χ4n) is 3.63. The van der Waals surface area contributed by atoms with Gasteiger partial charge in [0.25, 0.3) is 0 Å². The number of nitrogens with zero attached hydrogens (tertiary/aromatic N) is 3. The first-order chi connectivity index (χ1) is 10.6. The standard InChI is InChI=1S/C19H21N3/c1-13(2)19(3)11-10-14-8-9-15(12-16(14)19)22-18-7-5-4-6-17(18)20-21-22/h4-9,12-13H,10-11H2,1-3H3. The third kappa shape index (κ3) is 1.81. The van der Waals surface area contributed by atoms with Crippen molar-refractivity contribution in [3.63, 3.8) is 0 Å². The van der Waals surface area contributed by atoms with Crippen molar-refractivity contribution in [1.82, 2.24) is 15.0 Å². The van der Waals surface area contributed by atoms with Crippen molar-refractivity contribution in [1.29, 1.82) is 0 Å². The molecule has 1 unspecified atom stereocenters. The second-order valence-electron chi connectivity index (χ2n) is 6.90. The summed E-state index contributed by atoms with van der Waals surface area (Å²) in [6.45, 7) is 7.05. The molecular formula is C19H21N3. The van der Waals surface area contributed by atoms with Crippen molar-refractivity contribution < 1.29 is 0 Å². The third-order valence-corrected chi connectivity index (χ3v) is 5.49. The van der Waals surface area contributed by atoms with Gasteiger partial charge in [0.2, 0.25) is 0 Å². The molecule has 0 aliphatic heterocycles. The molecule has 0 N–H and O–H groups in total. The van der Waals surface area contributed by atoms with E-state index in [-0.39, 0.29) is 5.41 Å². The molecule has 0 amide bonds. The van der Waals surface area contributed by atoms with E-state index in [4.69, 9.17) is 0 Å². The predicted molar refractivity (Wildman–Crippen MR) is 89.4 cm³/mol. The highest BCUT2D eigenvalue weighted by atomic mass is 15.4. The lowest BCUT2D eigenvalue weighted by atomic mass is 9.74. The summed E-state index contributed by atoms with van der Waals surface area (Å²) in [6.07, 6.45) is 2.42. The minimum absolute atomic E-state index is 0.266. The average Bonchev–Trinajstić information content (AvgIpc) is 3.10. The molecule has 1 aliphatic carbocycles. The van der Waals surface area contributed by atoms with Crippen LogP contribution in [0.2, 0.25) is 0 Å². The average molecular weight is 291 g/mol. The lowest BCUT2D eigenvalue weighted by Crippen LogP contribution is -2.25. The number of benzene rings is 2. The topological polar surface area (TPSA) is 30.7 Å². The molecule has 1 aliphatic rings. The fraction of sp³-hybridized carbons (Fsp3) is 0.368. The summed E-state index contributed by atoms with van der Waals surface area (Å²) in [7, 11) is 0. The Bertz CT molecular complexity index is 847. The minimum atomic E-state index is 0.266. The van der Waals surface area contributed by atoms with Gasteiger partial charge >= 0.3 is 0 Å². The molecule has 2 aromatic carbocycles. The quantitative estimate of drug-likeness (QED) is 0.705. The van der Waals surface area contributed by atoms with E-state index in [2.05, 4.69) is 55.3 Å². The number of para-hydroxylation sites is 1. The first-order valence-electron chi connectivity index (χ1n) is 8.04. The second-order valence-corrected chi connectivity index (χ2v) is 6.90. The Kier molecular flexibility index (Phi) is 2.86. The highest BCUT2D eigenvalue weighted by Crippen LogP contribution is 2.44. The van der Waals surface area contributed by atoms with Gasteiger partial charge in [0.1, 0.15) is 5.52 Å². The fourth-order valence-corrected chi connectivity index (χ4v) is 3.63. The molecule has 1 aromatic heterocycles. The van der Waals surface area contributed by atoms with Gasteiger partial charge in [-0.15, -0.1) is 5.10 Å². The highest BCUT2D eigenvalue weighted by molar-refractivity contribution is 5.76. The lowest BCUT2D eigenvalue weighted by Gasteiger charge is -2.30. The number of hydrogen-bond acceptors (Lipinski definition) is 2. The van der Waals surface area contributed by atoms with Crippen LogP contribution in [0.5, 0.6) is 0 Å². The van der Waals surface area contributed by atoms with Crippen molar-refractivity contribution in [3.8, 4) is 5.69 Å². The summed E-state index contributed by atoms with van der Waals surface area (Å²) in [5, 5.41) is 8.62. The maximum absolute atomic E-state index is 4.35. The SMILES string of the molecule is CC(C)C1(C)CCc2ccc(-n3nnc4ccccc43)cc21. The molecular weight excluding hydrogens is 270 g/mol. The molecule has 0 fully saturated rings. The van der Waals surface area contributed by atoms with Gasteiger partial charge in [-0.25, -0.2) is 4.68 Å². The Hall–Kier alpha value is -2.16. The zero-order chi connectivity index (χ0) is 15.3. The van der Waals surface area contributed by atoms with Crippen molar-refractivity contribution in [2.75, 3.05) is 0 Å². The molecule has 0 saturated carbocycles. The van der Waals surface area contributed by atoms with Crippen LogP contribution in [0.4, 0.5) is 0 Å². The molecule has 3 nitrogen and oxygen atoms in total. The molecule has 4 rings (SSSR count). The normalized spacial score (nSPS) is 20.7. The molecule has 0 spiro atoms. The van der Waals surface area contributed by atoms with Gasteiger partial charge in [-0.3, -0.25) is 0 Å². The number of rotatable bonds is 2. The third-order valence-electron chi connectivity index (χ3n) is 5.49. The van der Waals surface area contributed by atoms with Crippen molar-refractivity contribution in [2.45, 2.75) is 39.0 Å². The Morgan fingerprint density at radius 2 is 1.95 bits per heavy atom. The van der Waals surface area contributed by atoms with Gasteiger partial charge in [-0.2, -0.15) is 0 Å². The van der Waals surface area contributed by atoms with Gasteiger partial charge < -0.3 is 0 Å². The largest absolute Gasteiger partial charge is 0.213 e. The Morgan fingerprint density at radius 1 is 1.14 bits per heavy atom. The molecule has 22 heavy (non-hydrogen) atoms. The molecule has 3 aromatic rings. The number of aromatic nitrogens is 3. The van der Waals surface area contributed by atoms with E-state index in [0.717, 1.165) is 16.7 Å². The predicted octanol–water partition coefficient (Wildman–Crippen LogP) is 4.28. The van der Waals surface area contributed by atoms with Crippen LogP contribution in [-0.4, -0.2) is 15.0 Å². The van der Waals surface area contributed by atoms with Crippen molar-refractivity contribution in [2.24, 2.45) is 5.92 Å². The van der Waals surface area contributed by atoms with E-state index >= 15 is 0 Å². The molecule has 1 atom stereocenters. The summed E-state index contributed by atoms with van der Waals surface area (Å²) < 4.78 is 1.95. The number of aryl methyl sites for hydroxylation is 1. The second kappa shape index (κ2) is 4.67. The van der Waals surface area contributed by atoms with E-state index in [0.29, 0.717) is 5.92 Å². The first kappa shape index (κ1) is 13.5. The monoisotopic (exact) mass is 291 g/mol. The smallest absolute Gasteiger partial charge is 0.113 e. The van der Waals surface area contributed by atoms with E-state index in [1.54, 1.807) is 0 Å². The summed E-state index contributed by atoms with van der Waals surface area (Å²) in [6, 6.07) is 14.9. The maximum atomic E-state index is 4.35. The summed E-state index contributed by atoms with van der Waals surface area (Å²) in [5.74, 6) is 0.636. The van der Waals surface area contributed by atoms with Crippen LogP contribution < -0.4 is 0 Å². The van der Waals surface area contributed by atoms with Gasteiger partial charge in [0, 0.05) is 0 Å². The zero-order valence-corrected chi connectivity index (χ0v) is 13.4. The number of fused-ring (bicyclic) bond motifs is 2. The molecule has 0 bridgehead atoms. The van der Waals surface area contributed by atoms with Crippen molar-refractivity contribution in [3.05, 3.63) is 53.6 Å². The summed E-state index contributed by atoms with van der Waals surface area (Å²) >= 11 is 0. The number of hydrogen-bond donors (Lipinski definition) is 0. The zero-order valence-electron chi connectivity index (χ0n) is 13.4. The minimum Gasteiger partial charge on any atom is -0.213 e. The van der Waals surface area contributed by atoms with Crippen LogP contribution in [0.25, 0.3) is 16.7 Å². The molecule has 1 heterocycles. The van der Waals surface area contributed by atoms with Crippen LogP contribution in [0.3, 0.4) is 0 Å². The van der Waals surface area contributed by atoms with Gasteiger partial charge in [0.05, 0.1) is 11.2 Å². The van der Waals surface area contributed by atoms with Crippen LogP contribution in [-0.2, 0) is 11.8 Å². The first-order valence-corrected chi connectivity index (χ1v) is 8.04. The maximum Gasteiger partial charge on any atom is 0.113 e. The Balaban J connectivity index is 1.89. The van der Waals surface area contributed by atoms with Crippen LogP contribution in [0.1, 0.15) is 38.3 Å². The van der Waals surface area contributed by atoms with Crippen LogP contribution >= 0.6 is 0 Å².